The second-order valence-electron chi connectivity index (χ2n) is 4.00. The molecule has 17 heavy (non-hydrogen) atoms. The number of rotatable bonds is 1. The third-order valence-corrected chi connectivity index (χ3v) is 2.92. The molecule has 0 saturated heterocycles. The first-order chi connectivity index (χ1) is 8.25. The Balaban J connectivity index is 2.47. The van der Waals surface area contributed by atoms with Gasteiger partial charge in [0.2, 0.25) is 5.91 Å². The molecule has 3 aromatic rings. The Morgan fingerprint density at radius 2 is 1.71 bits per heavy atom. The van der Waals surface area contributed by atoms with Crippen LogP contribution in [0.15, 0.2) is 48.5 Å². The van der Waals surface area contributed by atoms with Gasteiger partial charge < -0.3 is 5.73 Å². The summed E-state index contributed by atoms with van der Waals surface area (Å²) >= 11 is 0. The molecule has 0 bridgehead atoms. The highest BCUT2D eigenvalue weighted by Crippen LogP contribution is 2.24. The summed E-state index contributed by atoms with van der Waals surface area (Å²) in [6.07, 6.45) is 0. The molecule has 3 aromatic carbocycles. The molecular formula is C15H10NO. The second kappa shape index (κ2) is 3.59. The summed E-state index contributed by atoms with van der Waals surface area (Å²) in [5.41, 5.74) is 5.81. The maximum absolute atomic E-state index is 11.3. The first-order valence-electron chi connectivity index (χ1n) is 5.39. The van der Waals surface area contributed by atoms with E-state index < -0.39 is 5.91 Å². The number of carbonyl (C=O) groups excluding carboxylic acids is 1. The normalized spacial score (nSPS) is 10.8. The van der Waals surface area contributed by atoms with E-state index >= 15 is 0 Å². The fraction of sp³-hybridized carbons (Fsp3) is 0. The number of hydrogen-bond donors (Lipinski definition) is 1. The fourth-order valence-electron chi connectivity index (χ4n) is 2.11. The number of hydrogen-bond acceptors (Lipinski definition) is 1. The van der Waals surface area contributed by atoms with Crippen LogP contribution in [0.5, 0.6) is 0 Å². The Bertz CT molecular complexity index is 731. The third kappa shape index (κ3) is 1.54. The van der Waals surface area contributed by atoms with Gasteiger partial charge in [0.1, 0.15) is 0 Å². The van der Waals surface area contributed by atoms with E-state index in [-0.39, 0.29) is 0 Å². The van der Waals surface area contributed by atoms with E-state index in [0.29, 0.717) is 5.56 Å². The molecule has 0 aliphatic heterocycles. The van der Waals surface area contributed by atoms with E-state index in [0.717, 1.165) is 21.5 Å². The van der Waals surface area contributed by atoms with Gasteiger partial charge in [0.05, 0.1) is 5.56 Å². The molecule has 1 amide bonds. The number of carbonyl (C=O) groups is 1. The van der Waals surface area contributed by atoms with Gasteiger partial charge in [-0.05, 0) is 39.7 Å². The maximum Gasteiger partial charge on any atom is 0.249 e. The summed E-state index contributed by atoms with van der Waals surface area (Å²) in [7, 11) is 0. The summed E-state index contributed by atoms with van der Waals surface area (Å²) in [4.78, 5) is 11.3. The van der Waals surface area contributed by atoms with Crippen molar-refractivity contribution in [3.63, 3.8) is 0 Å². The van der Waals surface area contributed by atoms with E-state index in [1.807, 2.05) is 30.3 Å². The SMILES string of the molecule is NC(=O)c1[c]ccc2cc3ccccc3cc12. The van der Waals surface area contributed by atoms with E-state index in [1.54, 1.807) is 6.07 Å². The Hall–Kier alpha value is -2.35. The van der Waals surface area contributed by atoms with Crippen LogP contribution in [0.4, 0.5) is 0 Å². The molecular weight excluding hydrogens is 210 g/mol. The molecule has 2 heteroatoms. The van der Waals surface area contributed by atoms with Crippen LogP contribution in [0.25, 0.3) is 21.5 Å². The average Bonchev–Trinajstić information content (AvgIpc) is 2.35. The molecule has 0 aromatic heterocycles. The highest BCUT2D eigenvalue weighted by Gasteiger charge is 2.07. The van der Waals surface area contributed by atoms with Crippen molar-refractivity contribution in [1.29, 1.82) is 0 Å². The summed E-state index contributed by atoms with van der Waals surface area (Å²) in [5, 5.41) is 4.12. The fourth-order valence-corrected chi connectivity index (χ4v) is 2.11. The Morgan fingerprint density at radius 3 is 2.41 bits per heavy atom. The highest BCUT2D eigenvalue weighted by molar-refractivity contribution is 6.09. The summed E-state index contributed by atoms with van der Waals surface area (Å²) in [6, 6.07) is 18.7. The van der Waals surface area contributed by atoms with Crippen molar-refractivity contribution >= 4 is 27.5 Å². The molecule has 0 atom stereocenters. The van der Waals surface area contributed by atoms with Gasteiger partial charge in [-0.15, -0.1) is 0 Å². The standard InChI is InChI=1S/C15H10NO/c16-15(17)13-7-3-6-12-8-10-4-1-2-5-11(10)9-14(12)13/h1-6,8-9H,(H2,16,17). The highest BCUT2D eigenvalue weighted by atomic mass is 16.1. The quantitative estimate of drug-likeness (QED) is 0.629. The van der Waals surface area contributed by atoms with E-state index in [4.69, 9.17) is 5.73 Å². The summed E-state index contributed by atoms with van der Waals surface area (Å²) in [6.45, 7) is 0. The molecule has 0 unspecified atom stereocenters. The zero-order valence-corrected chi connectivity index (χ0v) is 9.10. The molecule has 0 heterocycles. The number of nitrogens with two attached hydrogens (primary N) is 1. The van der Waals surface area contributed by atoms with Crippen molar-refractivity contribution in [3.05, 3.63) is 60.2 Å². The molecule has 0 aliphatic rings. The number of amides is 1. The van der Waals surface area contributed by atoms with Crippen LogP contribution < -0.4 is 5.73 Å². The van der Waals surface area contributed by atoms with Crippen LogP contribution in [-0.2, 0) is 0 Å². The van der Waals surface area contributed by atoms with Crippen molar-refractivity contribution in [2.45, 2.75) is 0 Å². The van der Waals surface area contributed by atoms with E-state index in [9.17, 15) is 4.79 Å². The summed E-state index contributed by atoms with van der Waals surface area (Å²) in [5.74, 6) is -0.439. The Labute approximate surface area is 98.7 Å². The first-order valence-corrected chi connectivity index (χ1v) is 5.39. The molecule has 0 aliphatic carbocycles. The van der Waals surface area contributed by atoms with Gasteiger partial charge in [-0.1, -0.05) is 36.4 Å². The minimum absolute atomic E-state index is 0.439. The van der Waals surface area contributed by atoms with Gasteiger partial charge in [0.25, 0.3) is 0 Å². The van der Waals surface area contributed by atoms with Crippen LogP contribution in [0.1, 0.15) is 10.4 Å². The van der Waals surface area contributed by atoms with Crippen LogP contribution in [0, 0.1) is 6.07 Å². The molecule has 3 rings (SSSR count). The van der Waals surface area contributed by atoms with Gasteiger partial charge in [0.15, 0.2) is 0 Å². The van der Waals surface area contributed by atoms with Gasteiger partial charge in [-0.25, -0.2) is 0 Å². The van der Waals surface area contributed by atoms with Crippen LogP contribution >= 0.6 is 0 Å². The second-order valence-corrected chi connectivity index (χ2v) is 4.00. The smallest absolute Gasteiger partial charge is 0.249 e. The molecule has 2 N–H and O–H groups in total. The lowest BCUT2D eigenvalue weighted by molar-refractivity contribution is 0.100. The molecule has 0 fully saturated rings. The van der Waals surface area contributed by atoms with Crippen molar-refractivity contribution in [2.75, 3.05) is 0 Å². The summed E-state index contributed by atoms with van der Waals surface area (Å²) < 4.78 is 0. The number of primary amides is 1. The van der Waals surface area contributed by atoms with Crippen molar-refractivity contribution < 1.29 is 4.79 Å². The van der Waals surface area contributed by atoms with Gasteiger partial charge in [-0.2, -0.15) is 0 Å². The van der Waals surface area contributed by atoms with Gasteiger partial charge >= 0.3 is 0 Å². The first kappa shape index (κ1) is 9.85. The largest absolute Gasteiger partial charge is 0.366 e. The maximum atomic E-state index is 11.3. The molecule has 2 nitrogen and oxygen atoms in total. The predicted octanol–water partition coefficient (Wildman–Crippen LogP) is 2.89. The molecule has 81 valence electrons. The van der Waals surface area contributed by atoms with Crippen LogP contribution in [-0.4, -0.2) is 5.91 Å². The van der Waals surface area contributed by atoms with Crippen molar-refractivity contribution in [1.82, 2.24) is 0 Å². The third-order valence-electron chi connectivity index (χ3n) is 2.92. The molecule has 1 radical (unpaired) electrons. The van der Waals surface area contributed by atoms with Crippen molar-refractivity contribution in [3.8, 4) is 0 Å². The van der Waals surface area contributed by atoms with E-state index in [1.165, 1.54) is 0 Å². The van der Waals surface area contributed by atoms with E-state index in [2.05, 4.69) is 18.2 Å². The molecule has 0 saturated carbocycles. The Kier molecular flexibility index (Phi) is 2.08. The number of benzene rings is 3. The Morgan fingerprint density at radius 1 is 1.00 bits per heavy atom. The van der Waals surface area contributed by atoms with Gasteiger partial charge in [-0.3, -0.25) is 4.79 Å². The zero-order chi connectivity index (χ0) is 11.8. The minimum atomic E-state index is -0.439. The van der Waals surface area contributed by atoms with Crippen molar-refractivity contribution in [2.24, 2.45) is 5.73 Å². The average molecular weight is 220 g/mol. The lowest BCUT2D eigenvalue weighted by Gasteiger charge is -2.05. The predicted molar refractivity (Wildman–Crippen MR) is 68.8 cm³/mol. The monoisotopic (exact) mass is 220 g/mol. The molecule has 0 spiro atoms. The number of fused-ring (bicyclic) bond motifs is 2. The lowest BCUT2D eigenvalue weighted by Crippen LogP contribution is -2.11. The minimum Gasteiger partial charge on any atom is -0.366 e. The topological polar surface area (TPSA) is 43.1 Å². The zero-order valence-electron chi connectivity index (χ0n) is 9.10. The van der Waals surface area contributed by atoms with Crippen LogP contribution in [0.2, 0.25) is 0 Å². The lowest BCUT2D eigenvalue weighted by atomic mass is 9.99. The van der Waals surface area contributed by atoms with Gasteiger partial charge in [0, 0.05) is 0 Å². The van der Waals surface area contributed by atoms with Crippen LogP contribution in [0.3, 0.4) is 0 Å².